The summed E-state index contributed by atoms with van der Waals surface area (Å²) in [6.07, 6.45) is 4.92. The van der Waals surface area contributed by atoms with E-state index in [-0.39, 0.29) is 0 Å². The number of aryl methyl sites for hydroxylation is 1. The van der Waals surface area contributed by atoms with E-state index < -0.39 is 11.4 Å². The summed E-state index contributed by atoms with van der Waals surface area (Å²) in [5.74, 6) is 0.176. The zero-order valence-corrected chi connectivity index (χ0v) is 12.1. The van der Waals surface area contributed by atoms with E-state index in [9.17, 15) is 4.79 Å². The smallest absolute Gasteiger partial charge is 0.309 e. The fraction of sp³-hybridized carbons (Fsp3) is 0.562. The first-order valence-corrected chi connectivity index (χ1v) is 6.82. The monoisotopic (exact) mass is 264 g/mol. The molecule has 1 rings (SSSR count). The summed E-state index contributed by atoms with van der Waals surface area (Å²) in [5, 5.41) is 9.01. The first kappa shape index (κ1) is 15.5. The highest BCUT2D eigenvalue weighted by atomic mass is 16.5. The van der Waals surface area contributed by atoms with Crippen molar-refractivity contribution in [1.82, 2.24) is 0 Å². The Labute approximate surface area is 115 Å². The van der Waals surface area contributed by atoms with Crippen molar-refractivity contribution in [1.29, 1.82) is 0 Å². The SMILES string of the molecule is COc1ccc(CCCCCC(C)(C)C(=O)O)cc1. The van der Waals surface area contributed by atoms with Crippen molar-refractivity contribution >= 4 is 5.97 Å². The van der Waals surface area contributed by atoms with Gasteiger partial charge in [0.1, 0.15) is 5.75 Å². The summed E-state index contributed by atoms with van der Waals surface area (Å²) in [7, 11) is 1.67. The summed E-state index contributed by atoms with van der Waals surface area (Å²) >= 11 is 0. The molecule has 1 N–H and O–H groups in total. The van der Waals surface area contributed by atoms with Gasteiger partial charge in [0.25, 0.3) is 0 Å². The van der Waals surface area contributed by atoms with Gasteiger partial charge in [-0.05, 0) is 50.8 Å². The van der Waals surface area contributed by atoms with E-state index >= 15 is 0 Å². The molecule has 0 aliphatic heterocycles. The summed E-state index contributed by atoms with van der Waals surface area (Å²) in [5.41, 5.74) is 0.707. The van der Waals surface area contributed by atoms with Gasteiger partial charge in [0, 0.05) is 0 Å². The van der Waals surface area contributed by atoms with Crippen LogP contribution in [0.4, 0.5) is 0 Å². The molecule has 0 aromatic heterocycles. The number of aliphatic carboxylic acids is 1. The zero-order valence-electron chi connectivity index (χ0n) is 12.1. The molecular weight excluding hydrogens is 240 g/mol. The van der Waals surface area contributed by atoms with Crippen molar-refractivity contribution in [2.75, 3.05) is 7.11 Å². The third kappa shape index (κ3) is 5.33. The van der Waals surface area contributed by atoms with Crippen LogP contribution in [-0.2, 0) is 11.2 Å². The molecule has 1 aromatic carbocycles. The second-order valence-electron chi connectivity index (χ2n) is 5.60. The maximum atomic E-state index is 11.0. The number of hydrogen-bond donors (Lipinski definition) is 1. The van der Waals surface area contributed by atoms with Gasteiger partial charge in [-0.1, -0.05) is 25.0 Å². The van der Waals surface area contributed by atoms with Gasteiger partial charge in [0.05, 0.1) is 12.5 Å². The van der Waals surface area contributed by atoms with Crippen LogP contribution in [0.1, 0.15) is 45.1 Å². The molecule has 0 unspecified atom stereocenters. The second-order valence-corrected chi connectivity index (χ2v) is 5.60. The molecule has 1 aromatic rings. The fourth-order valence-corrected chi connectivity index (χ4v) is 1.97. The Kier molecular flexibility index (Phi) is 5.87. The summed E-state index contributed by atoms with van der Waals surface area (Å²) in [6, 6.07) is 8.12. The predicted octanol–water partition coefficient (Wildman–Crippen LogP) is 3.91. The Morgan fingerprint density at radius 3 is 2.32 bits per heavy atom. The molecular formula is C16H24O3. The normalized spacial score (nSPS) is 11.3. The Hall–Kier alpha value is -1.51. The third-order valence-corrected chi connectivity index (χ3v) is 3.51. The van der Waals surface area contributed by atoms with Crippen LogP contribution in [-0.4, -0.2) is 18.2 Å². The molecule has 0 fully saturated rings. The van der Waals surface area contributed by atoms with Gasteiger partial charge >= 0.3 is 5.97 Å². The molecule has 0 spiro atoms. The van der Waals surface area contributed by atoms with E-state index in [4.69, 9.17) is 9.84 Å². The van der Waals surface area contributed by atoms with E-state index in [1.165, 1.54) is 5.56 Å². The molecule has 0 saturated carbocycles. The molecule has 3 nitrogen and oxygen atoms in total. The highest BCUT2D eigenvalue weighted by Gasteiger charge is 2.25. The van der Waals surface area contributed by atoms with E-state index in [1.54, 1.807) is 21.0 Å². The van der Waals surface area contributed by atoms with E-state index in [2.05, 4.69) is 12.1 Å². The van der Waals surface area contributed by atoms with Gasteiger partial charge in [-0.2, -0.15) is 0 Å². The Bertz CT molecular complexity index is 393. The van der Waals surface area contributed by atoms with Crippen LogP contribution in [0.25, 0.3) is 0 Å². The molecule has 19 heavy (non-hydrogen) atoms. The maximum Gasteiger partial charge on any atom is 0.309 e. The van der Waals surface area contributed by atoms with Gasteiger partial charge in [0.2, 0.25) is 0 Å². The molecule has 0 amide bonds. The highest BCUT2D eigenvalue weighted by molar-refractivity contribution is 5.73. The minimum absolute atomic E-state index is 0.597. The highest BCUT2D eigenvalue weighted by Crippen LogP contribution is 2.24. The van der Waals surface area contributed by atoms with Crippen LogP contribution in [0.5, 0.6) is 5.75 Å². The lowest BCUT2D eigenvalue weighted by Gasteiger charge is -2.18. The first-order chi connectivity index (χ1) is 8.95. The number of ether oxygens (including phenoxy) is 1. The van der Waals surface area contributed by atoms with Crippen molar-refractivity contribution in [3.05, 3.63) is 29.8 Å². The van der Waals surface area contributed by atoms with E-state index in [1.807, 2.05) is 12.1 Å². The summed E-state index contributed by atoms with van der Waals surface area (Å²) in [4.78, 5) is 11.0. The average Bonchev–Trinajstić information content (AvgIpc) is 2.38. The number of methoxy groups -OCH3 is 1. The quantitative estimate of drug-likeness (QED) is 0.724. The molecule has 0 saturated heterocycles. The van der Waals surface area contributed by atoms with Gasteiger partial charge in [-0.15, -0.1) is 0 Å². The molecule has 0 atom stereocenters. The van der Waals surface area contributed by atoms with Crippen molar-refractivity contribution in [2.45, 2.75) is 46.0 Å². The number of rotatable bonds is 8. The molecule has 0 bridgehead atoms. The molecule has 0 heterocycles. The van der Waals surface area contributed by atoms with Crippen LogP contribution >= 0.6 is 0 Å². The Morgan fingerprint density at radius 2 is 1.79 bits per heavy atom. The fourth-order valence-electron chi connectivity index (χ4n) is 1.97. The van der Waals surface area contributed by atoms with E-state index in [0.717, 1.165) is 37.9 Å². The van der Waals surface area contributed by atoms with Crippen molar-refractivity contribution in [2.24, 2.45) is 5.41 Å². The number of carbonyl (C=O) groups is 1. The minimum atomic E-state index is -0.706. The summed E-state index contributed by atoms with van der Waals surface area (Å²) < 4.78 is 5.12. The van der Waals surface area contributed by atoms with Crippen molar-refractivity contribution in [3.8, 4) is 5.75 Å². The number of carboxylic acids is 1. The largest absolute Gasteiger partial charge is 0.497 e. The molecule has 0 aliphatic rings. The van der Waals surface area contributed by atoms with Gasteiger partial charge in [-0.25, -0.2) is 0 Å². The standard InChI is InChI=1S/C16H24O3/c1-16(2,15(17)18)12-6-4-5-7-13-8-10-14(19-3)11-9-13/h8-11H,4-7,12H2,1-3H3,(H,17,18). The maximum absolute atomic E-state index is 11.0. The number of hydrogen-bond acceptors (Lipinski definition) is 2. The van der Waals surface area contributed by atoms with Crippen LogP contribution < -0.4 is 4.74 Å². The molecule has 0 aliphatic carbocycles. The van der Waals surface area contributed by atoms with Crippen molar-refractivity contribution in [3.63, 3.8) is 0 Å². The van der Waals surface area contributed by atoms with Crippen molar-refractivity contribution < 1.29 is 14.6 Å². The van der Waals surface area contributed by atoms with Gasteiger partial charge < -0.3 is 9.84 Å². The van der Waals surface area contributed by atoms with Gasteiger partial charge in [-0.3, -0.25) is 4.79 Å². The molecule has 0 radical (unpaired) electrons. The third-order valence-electron chi connectivity index (χ3n) is 3.51. The zero-order chi connectivity index (χ0) is 14.3. The number of benzene rings is 1. The minimum Gasteiger partial charge on any atom is -0.497 e. The molecule has 106 valence electrons. The predicted molar refractivity (Wildman–Crippen MR) is 76.6 cm³/mol. The lowest BCUT2D eigenvalue weighted by molar-refractivity contribution is -0.147. The van der Waals surface area contributed by atoms with Crippen LogP contribution in [0.15, 0.2) is 24.3 Å². The Balaban J connectivity index is 2.22. The van der Waals surface area contributed by atoms with Crippen LogP contribution in [0.2, 0.25) is 0 Å². The second kappa shape index (κ2) is 7.17. The van der Waals surface area contributed by atoms with Gasteiger partial charge in [0.15, 0.2) is 0 Å². The van der Waals surface area contributed by atoms with E-state index in [0.29, 0.717) is 0 Å². The lowest BCUT2D eigenvalue weighted by atomic mass is 9.87. The topological polar surface area (TPSA) is 46.5 Å². The van der Waals surface area contributed by atoms with Crippen LogP contribution in [0.3, 0.4) is 0 Å². The number of carboxylic acid groups (broad SMARTS) is 1. The first-order valence-electron chi connectivity index (χ1n) is 6.82. The average molecular weight is 264 g/mol. The lowest BCUT2D eigenvalue weighted by Crippen LogP contribution is -2.23. The molecule has 3 heteroatoms. The summed E-state index contributed by atoms with van der Waals surface area (Å²) in [6.45, 7) is 3.58. The van der Waals surface area contributed by atoms with Crippen LogP contribution in [0, 0.1) is 5.41 Å². The number of unbranched alkanes of at least 4 members (excludes halogenated alkanes) is 2. The Morgan fingerprint density at radius 1 is 1.16 bits per heavy atom.